The molecule has 5 nitrogen and oxygen atoms in total. The highest BCUT2D eigenvalue weighted by Gasteiger charge is 2.30. The van der Waals surface area contributed by atoms with Gasteiger partial charge in [0, 0.05) is 38.2 Å². The Morgan fingerprint density at radius 3 is 2.80 bits per heavy atom. The maximum absolute atomic E-state index is 9.02. The number of aliphatic hydroxyl groups excluding tert-OH is 1. The van der Waals surface area contributed by atoms with E-state index in [-0.39, 0.29) is 6.61 Å². The molecule has 1 aliphatic heterocycles. The molecule has 156 valence electrons. The lowest BCUT2D eigenvalue weighted by atomic mass is 9.86. The highest BCUT2D eigenvalue weighted by molar-refractivity contribution is 5.57. The fourth-order valence-electron chi connectivity index (χ4n) is 4.94. The molecule has 2 aliphatic rings. The number of aryl methyl sites for hydroxylation is 1. The number of hydrogen-bond acceptors (Lipinski definition) is 4. The summed E-state index contributed by atoms with van der Waals surface area (Å²) in [6.07, 6.45) is 4.39. The maximum atomic E-state index is 9.02. The number of hydrogen-bond donors (Lipinski definition) is 1. The molecule has 3 aromatic rings. The van der Waals surface area contributed by atoms with Crippen LogP contribution in [0.3, 0.4) is 0 Å². The van der Waals surface area contributed by atoms with Crippen LogP contribution < -0.4 is 4.74 Å². The Morgan fingerprint density at radius 1 is 1.10 bits per heavy atom. The molecule has 0 amide bonds. The molecule has 1 N–H and O–H groups in total. The summed E-state index contributed by atoms with van der Waals surface area (Å²) in [6, 6.07) is 17.4. The van der Waals surface area contributed by atoms with Crippen molar-refractivity contribution < 1.29 is 9.84 Å². The molecule has 5 rings (SSSR count). The molecule has 0 spiro atoms. The first-order valence-corrected chi connectivity index (χ1v) is 10.9. The number of nitrogens with zero attached hydrogens (tertiary/aromatic N) is 3. The van der Waals surface area contributed by atoms with E-state index in [4.69, 9.17) is 14.8 Å². The Hall–Kier alpha value is -2.63. The van der Waals surface area contributed by atoms with E-state index >= 15 is 0 Å². The van der Waals surface area contributed by atoms with E-state index < -0.39 is 0 Å². The van der Waals surface area contributed by atoms with Crippen molar-refractivity contribution in [2.45, 2.75) is 38.3 Å². The zero-order valence-electron chi connectivity index (χ0n) is 17.6. The largest absolute Gasteiger partial charge is 0.491 e. The van der Waals surface area contributed by atoms with Gasteiger partial charge in [0.25, 0.3) is 0 Å². The summed E-state index contributed by atoms with van der Waals surface area (Å²) in [5.41, 5.74) is 6.62. The Kier molecular flexibility index (Phi) is 5.32. The summed E-state index contributed by atoms with van der Waals surface area (Å²) in [5.74, 6) is 1.94. The number of benzene rings is 2. The van der Waals surface area contributed by atoms with Gasteiger partial charge >= 0.3 is 0 Å². The molecule has 2 heterocycles. The van der Waals surface area contributed by atoms with E-state index in [1.807, 2.05) is 6.07 Å². The van der Waals surface area contributed by atoms with E-state index in [0.29, 0.717) is 12.6 Å². The fraction of sp³-hybridized carbons (Fsp3) is 0.400. The molecule has 0 radical (unpaired) electrons. The highest BCUT2D eigenvalue weighted by atomic mass is 16.5. The molecule has 1 aliphatic carbocycles. The molecule has 0 saturated heterocycles. The number of aliphatic hydroxyl groups is 1. The minimum atomic E-state index is 0.0471. The monoisotopic (exact) mass is 403 g/mol. The van der Waals surface area contributed by atoms with Crippen LogP contribution in [0.5, 0.6) is 5.75 Å². The first kappa shape index (κ1) is 19.3. The van der Waals surface area contributed by atoms with Crippen LogP contribution in [0, 0.1) is 0 Å². The summed E-state index contributed by atoms with van der Waals surface area (Å²) in [5, 5.41) is 9.02. The third kappa shape index (κ3) is 3.64. The van der Waals surface area contributed by atoms with Crippen LogP contribution in [-0.2, 0) is 32.9 Å². The molecule has 0 bridgehead atoms. The van der Waals surface area contributed by atoms with Crippen LogP contribution >= 0.6 is 0 Å². The van der Waals surface area contributed by atoms with Crippen molar-refractivity contribution >= 4 is 0 Å². The van der Waals surface area contributed by atoms with Gasteiger partial charge in [-0.15, -0.1) is 0 Å². The Morgan fingerprint density at radius 2 is 1.97 bits per heavy atom. The third-order valence-corrected chi connectivity index (χ3v) is 6.57. The van der Waals surface area contributed by atoms with Gasteiger partial charge < -0.3 is 14.4 Å². The molecule has 1 atom stereocenters. The topological polar surface area (TPSA) is 50.5 Å². The van der Waals surface area contributed by atoms with Crippen molar-refractivity contribution in [1.29, 1.82) is 0 Å². The predicted octanol–water partition coefficient (Wildman–Crippen LogP) is 3.37. The second-order valence-electron chi connectivity index (χ2n) is 8.37. The lowest BCUT2D eigenvalue weighted by Gasteiger charge is -2.37. The van der Waals surface area contributed by atoms with Gasteiger partial charge in [0.05, 0.1) is 18.0 Å². The van der Waals surface area contributed by atoms with Gasteiger partial charge in [0.15, 0.2) is 0 Å². The van der Waals surface area contributed by atoms with Crippen LogP contribution in [0.4, 0.5) is 0 Å². The van der Waals surface area contributed by atoms with Gasteiger partial charge in [-0.1, -0.05) is 36.4 Å². The second-order valence-corrected chi connectivity index (χ2v) is 8.37. The zero-order chi connectivity index (χ0) is 20.5. The molecule has 30 heavy (non-hydrogen) atoms. The molecule has 1 aromatic heterocycles. The standard InChI is InChI=1S/C25H29N3O2/c1-27-24-17-28(12-11-23(24)26-25(27)19-5-3-2-4-6-19)21-9-7-18-8-10-22(30-14-13-29)16-20(18)15-21/h2-6,8,10,16,21,29H,7,9,11-15,17H2,1H3. The smallest absolute Gasteiger partial charge is 0.140 e. The molecule has 2 aromatic carbocycles. The number of fused-ring (bicyclic) bond motifs is 2. The van der Waals surface area contributed by atoms with Gasteiger partial charge in [-0.2, -0.15) is 0 Å². The molecular formula is C25H29N3O2. The minimum Gasteiger partial charge on any atom is -0.491 e. The molecule has 0 saturated carbocycles. The second kappa shape index (κ2) is 8.25. The van der Waals surface area contributed by atoms with Gasteiger partial charge in [-0.25, -0.2) is 4.98 Å². The number of aromatic nitrogens is 2. The normalized spacial score (nSPS) is 18.7. The van der Waals surface area contributed by atoms with Crippen molar-refractivity contribution in [3.05, 3.63) is 71.0 Å². The van der Waals surface area contributed by atoms with E-state index in [1.165, 1.54) is 34.5 Å². The van der Waals surface area contributed by atoms with E-state index in [1.54, 1.807) is 0 Å². The van der Waals surface area contributed by atoms with Gasteiger partial charge in [0.1, 0.15) is 18.2 Å². The number of ether oxygens (including phenoxy) is 1. The summed E-state index contributed by atoms with van der Waals surface area (Å²) in [4.78, 5) is 7.62. The summed E-state index contributed by atoms with van der Waals surface area (Å²) in [7, 11) is 2.15. The van der Waals surface area contributed by atoms with Crippen LogP contribution in [-0.4, -0.2) is 45.4 Å². The van der Waals surface area contributed by atoms with Crippen molar-refractivity contribution in [1.82, 2.24) is 14.5 Å². The lowest BCUT2D eigenvalue weighted by molar-refractivity contribution is 0.158. The predicted molar refractivity (Wildman–Crippen MR) is 118 cm³/mol. The van der Waals surface area contributed by atoms with Crippen LogP contribution in [0.25, 0.3) is 11.4 Å². The average molecular weight is 404 g/mol. The van der Waals surface area contributed by atoms with Gasteiger partial charge in [-0.3, -0.25) is 4.90 Å². The summed E-state index contributed by atoms with van der Waals surface area (Å²) in [6.45, 7) is 2.43. The lowest BCUT2D eigenvalue weighted by Crippen LogP contribution is -2.42. The zero-order valence-corrected chi connectivity index (χ0v) is 17.6. The Labute approximate surface area is 177 Å². The number of rotatable bonds is 5. The minimum absolute atomic E-state index is 0.0471. The van der Waals surface area contributed by atoms with E-state index in [0.717, 1.165) is 43.9 Å². The fourth-order valence-corrected chi connectivity index (χ4v) is 4.94. The Bertz CT molecular complexity index is 1030. The van der Waals surface area contributed by atoms with Crippen molar-refractivity contribution in [2.75, 3.05) is 19.8 Å². The highest BCUT2D eigenvalue weighted by Crippen LogP contribution is 2.32. The summed E-state index contributed by atoms with van der Waals surface area (Å²) >= 11 is 0. The first-order valence-electron chi connectivity index (χ1n) is 10.9. The van der Waals surface area contributed by atoms with Crippen LogP contribution in [0.2, 0.25) is 0 Å². The van der Waals surface area contributed by atoms with E-state index in [2.05, 4.69) is 59.0 Å². The Balaban J connectivity index is 1.34. The molecule has 1 unspecified atom stereocenters. The third-order valence-electron chi connectivity index (χ3n) is 6.57. The van der Waals surface area contributed by atoms with Gasteiger partial charge in [0.2, 0.25) is 0 Å². The number of imidazole rings is 1. The van der Waals surface area contributed by atoms with Crippen LogP contribution in [0.15, 0.2) is 48.5 Å². The van der Waals surface area contributed by atoms with Crippen molar-refractivity contribution in [3.8, 4) is 17.1 Å². The van der Waals surface area contributed by atoms with Crippen molar-refractivity contribution in [2.24, 2.45) is 7.05 Å². The molecular weight excluding hydrogens is 374 g/mol. The molecule has 5 heteroatoms. The first-order chi connectivity index (χ1) is 14.7. The summed E-state index contributed by atoms with van der Waals surface area (Å²) < 4.78 is 7.92. The SMILES string of the molecule is Cn1c(-c2ccccc2)nc2c1CN(C1CCc3ccc(OCCO)cc3C1)CC2. The van der Waals surface area contributed by atoms with Crippen molar-refractivity contribution in [3.63, 3.8) is 0 Å². The van der Waals surface area contributed by atoms with Crippen LogP contribution in [0.1, 0.15) is 28.9 Å². The maximum Gasteiger partial charge on any atom is 0.140 e. The quantitative estimate of drug-likeness (QED) is 0.710. The average Bonchev–Trinajstić information content (AvgIpc) is 3.13. The molecule has 0 fully saturated rings. The van der Waals surface area contributed by atoms with Gasteiger partial charge in [-0.05, 0) is 42.5 Å². The van der Waals surface area contributed by atoms with E-state index in [9.17, 15) is 0 Å².